The zero-order chi connectivity index (χ0) is 14.4. The second-order valence-corrected chi connectivity index (χ2v) is 4.44. The Bertz CT molecular complexity index is 536. The van der Waals surface area contributed by atoms with Crippen molar-refractivity contribution in [3.05, 3.63) is 58.7 Å². The molecule has 3 rings (SSSR count). The molecule has 2 aromatic rings. The third-order valence-corrected chi connectivity index (χ3v) is 3.33. The molecule has 1 aliphatic carbocycles. The third-order valence-electron chi connectivity index (χ3n) is 3.33. The summed E-state index contributed by atoms with van der Waals surface area (Å²) >= 11 is 0. The van der Waals surface area contributed by atoms with Gasteiger partial charge in [-0.3, -0.25) is 0 Å². The molecule has 102 valence electrons. The zero-order valence-corrected chi connectivity index (χ0v) is 13.2. The van der Waals surface area contributed by atoms with Gasteiger partial charge >= 0.3 is 0 Å². The van der Waals surface area contributed by atoms with Crippen molar-refractivity contribution in [1.82, 2.24) is 0 Å². The van der Waals surface area contributed by atoms with Crippen LogP contribution in [0, 0.1) is 13.8 Å². The van der Waals surface area contributed by atoms with Crippen LogP contribution in [-0.4, -0.2) is 0 Å². The summed E-state index contributed by atoms with van der Waals surface area (Å²) in [6.07, 6.45) is 1.11. The lowest BCUT2D eigenvalue weighted by atomic mass is 10.0. The second kappa shape index (κ2) is 7.13. The van der Waals surface area contributed by atoms with Crippen LogP contribution in [-0.2, 0) is 6.42 Å². The highest BCUT2D eigenvalue weighted by molar-refractivity contribution is 5.78. The normalized spacial score (nSPS) is 10.4. The maximum absolute atomic E-state index is 2.31. The van der Waals surface area contributed by atoms with Gasteiger partial charge in [0.25, 0.3) is 0 Å². The van der Waals surface area contributed by atoms with E-state index >= 15 is 0 Å². The average molecular weight is 254 g/mol. The van der Waals surface area contributed by atoms with E-state index in [-0.39, 0.29) is 0 Å². The highest BCUT2D eigenvalue weighted by atomic mass is 14.2. The van der Waals surface area contributed by atoms with Gasteiger partial charge < -0.3 is 0 Å². The fourth-order valence-electron chi connectivity index (χ4n) is 2.47. The van der Waals surface area contributed by atoms with Crippen molar-refractivity contribution >= 4 is 0 Å². The summed E-state index contributed by atoms with van der Waals surface area (Å²) in [5, 5.41) is 0. The molecular weight excluding hydrogens is 228 g/mol. The van der Waals surface area contributed by atoms with Crippen LogP contribution in [0.5, 0.6) is 0 Å². The van der Waals surface area contributed by atoms with E-state index in [1.165, 1.54) is 33.4 Å². The number of fused-ring (bicyclic) bond motifs is 3. The van der Waals surface area contributed by atoms with Crippen LogP contribution in [0.1, 0.15) is 49.9 Å². The zero-order valence-electron chi connectivity index (χ0n) is 13.2. The Hall–Kier alpha value is -1.56. The topological polar surface area (TPSA) is 0 Å². The van der Waals surface area contributed by atoms with Gasteiger partial charge in [0.1, 0.15) is 0 Å². The second-order valence-electron chi connectivity index (χ2n) is 4.44. The van der Waals surface area contributed by atoms with Gasteiger partial charge in [-0.05, 0) is 48.1 Å². The molecule has 1 aliphatic rings. The minimum Gasteiger partial charge on any atom is -0.0683 e. The number of hydrogen-bond donors (Lipinski definition) is 0. The highest BCUT2D eigenvalue weighted by Crippen LogP contribution is 2.38. The lowest BCUT2D eigenvalue weighted by Gasteiger charge is -2.03. The largest absolute Gasteiger partial charge is 0.0683 e. The lowest BCUT2D eigenvalue weighted by Crippen LogP contribution is -1.84. The minimum absolute atomic E-state index is 1.11. The van der Waals surface area contributed by atoms with Gasteiger partial charge in [-0.2, -0.15) is 0 Å². The van der Waals surface area contributed by atoms with Crippen LogP contribution >= 0.6 is 0 Å². The summed E-state index contributed by atoms with van der Waals surface area (Å²) in [6, 6.07) is 13.4. The van der Waals surface area contributed by atoms with E-state index in [1.54, 1.807) is 0 Å². The third kappa shape index (κ3) is 3.07. The summed E-state index contributed by atoms with van der Waals surface area (Å²) in [4.78, 5) is 0. The summed E-state index contributed by atoms with van der Waals surface area (Å²) < 4.78 is 0. The first-order valence-electron chi connectivity index (χ1n) is 7.44. The Morgan fingerprint density at radius 2 is 1.47 bits per heavy atom. The van der Waals surface area contributed by atoms with E-state index in [4.69, 9.17) is 0 Å². The van der Waals surface area contributed by atoms with Gasteiger partial charge in [-0.25, -0.2) is 0 Å². The maximum atomic E-state index is 2.31. The van der Waals surface area contributed by atoms with Crippen molar-refractivity contribution in [2.75, 3.05) is 0 Å². The minimum atomic E-state index is 1.11. The summed E-state index contributed by atoms with van der Waals surface area (Å²) in [5.74, 6) is 0. The van der Waals surface area contributed by atoms with E-state index in [9.17, 15) is 0 Å². The molecule has 0 saturated carbocycles. The predicted octanol–water partition coefficient (Wildman–Crippen LogP) is 5.93. The molecule has 0 saturated heterocycles. The van der Waals surface area contributed by atoms with Crippen molar-refractivity contribution in [2.45, 2.75) is 48.0 Å². The van der Waals surface area contributed by atoms with Crippen LogP contribution in [0.25, 0.3) is 11.1 Å². The molecule has 0 N–H and O–H groups in total. The van der Waals surface area contributed by atoms with Gasteiger partial charge in [0.2, 0.25) is 0 Å². The van der Waals surface area contributed by atoms with Gasteiger partial charge in [-0.15, -0.1) is 0 Å². The summed E-state index contributed by atoms with van der Waals surface area (Å²) in [6.45, 7) is 12.4. The molecule has 0 bridgehead atoms. The van der Waals surface area contributed by atoms with Gasteiger partial charge in [0.15, 0.2) is 0 Å². The van der Waals surface area contributed by atoms with Crippen LogP contribution < -0.4 is 0 Å². The SMILES string of the molecule is CC.CC.Cc1ccc2c(c1)-c1cccc(C)c1C2. The number of aryl methyl sites for hydroxylation is 2. The van der Waals surface area contributed by atoms with Crippen LogP contribution in [0.2, 0.25) is 0 Å². The molecule has 19 heavy (non-hydrogen) atoms. The predicted molar refractivity (Wildman–Crippen MR) is 86.9 cm³/mol. The monoisotopic (exact) mass is 254 g/mol. The molecule has 0 heterocycles. The van der Waals surface area contributed by atoms with E-state index < -0.39 is 0 Å². The summed E-state index contributed by atoms with van der Waals surface area (Å²) in [7, 11) is 0. The van der Waals surface area contributed by atoms with Crippen LogP contribution in [0.3, 0.4) is 0 Å². The molecule has 0 fully saturated rings. The first-order chi connectivity index (χ1) is 9.25. The van der Waals surface area contributed by atoms with Crippen molar-refractivity contribution in [2.24, 2.45) is 0 Å². The van der Waals surface area contributed by atoms with Crippen molar-refractivity contribution < 1.29 is 0 Å². The molecule has 0 amide bonds. The first-order valence-corrected chi connectivity index (χ1v) is 7.44. The van der Waals surface area contributed by atoms with Crippen LogP contribution in [0.15, 0.2) is 36.4 Å². The van der Waals surface area contributed by atoms with Crippen molar-refractivity contribution in [3.63, 3.8) is 0 Å². The molecule has 0 nitrogen and oxygen atoms in total. The Balaban J connectivity index is 0.000000415. The molecule has 0 atom stereocenters. The Morgan fingerprint density at radius 3 is 2.16 bits per heavy atom. The molecule has 0 aromatic heterocycles. The molecule has 0 radical (unpaired) electrons. The number of rotatable bonds is 0. The van der Waals surface area contributed by atoms with Crippen molar-refractivity contribution in [3.8, 4) is 11.1 Å². The molecule has 0 aliphatic heterocycles. The Labute approximate surface area is 118 Å². The number of hydrogen-bond acceptors (Lipinski definition) is 0. The Kier molecular flexibility index (Phi) is 5.82. The fourth-order valence-corrected chi connectivity index (χ4v) is 2.47. The quantitative estimate of drug-likeness (QED) is 0.466. The van der Waals surface area contributed by atoms with Gasteiger partial charge in [0.05, 0.1) is 0 Å². The molecule has 0 unspecified atom stereocenters. The van der Waals surface area contributed by atoms with Gasteiger partial charge in [0, 0.05) is 0 Å². The van der Waals surface area contributed by atoms with Gasteiger partial charge in [-0.1, -0.05) is 69.7 Å². The average Bonchev–Trinajstić information content (AvgIpc) is 2.83. The molecule has 2 aromatic carbocycles. The van der Waals surface area contributed by atoms with Crippen LogP contribution in [0.4, 0.5) is 0 Å². The van der Waals surface area contributed by atoms with Crippen molar-refractivity contribution in [1.29, 1.82) is 0 Å². The van der Waals surface area contributed by atoms with E-state index in [0.29, 0.717) is 0 Å². The Morgan fingerprint density at radius 1 is 0.789 bits per heavy atom. The number of benzene rings is 2. The summed E-state index contributed by atoms with van der Waals surface area (Å²) in [5.41, 5.74) is 8.63. The van der Waals surface area contributed by atoms with E-state index in [0.717, 1.165) is 6.42 Å². The van der Waals surface area contributed by atoms with E-state index in [2.05, 4.69) is 50.2 Å². The highest BCUT2D eigenvalue weighted by Gasteiger charge is 2.18. The standard InChI is InChI=1S/C15H14.2C2H6/c1-10-6-7-12-9-14-11(2)4-3-5-13(14)15(12)8-10;2*1-2/h3-8H,9H2,1-2H3;2*1-2H3. The molecular formula is C19H26. The molecule has 0 spiro atoms. The van der Waals surface area contributed by atoms with E-state index in [1.807, 2.05) is 27.7 Å². The molecule has 0 heteroatoms. The fraction of sp³-hybridized carbons (Fsp3) is 0.368. The first kappa shape index (κ1) is 15.5. The smallest absolute Gasteiger partial charge is 0.00108 e. The maximum Gasteiger partial charge on any atom is -0.00108 e. The lowest BCUT2D eigenvalue weighted by molar-refractivity contribution is 1.21.